The predicted octanol–water partition coefficient (Wildman–Crippen LogP) is 1.09. The second-order valence-corrected chi connectivity index (χ2v) is 6.23. The second kappa shape index (κ2) is 6.17. The van der Waals surface area contributed by atoms with Crippen LogP contribution < -0.4 is 4.74 Å². The van der Waals surface area contributed by atoms with Crippen molar-refractivity contribution < 1.29 is 18.3 Å². The maximum absolute atomic E-state index is 12.0. The molecule has 1 rings (SSSR count). The van der Waals surface area contributed by atoms with Crippen LogP contribution in [0, 0.1) is 0 Å². The van der Waals surface area contributed by atoms with Crippen LogP contribution in [-0.4, -0.2) is 44.1 Å². The number of sulfonamides is 1. The van der Waals surface area contributed by atoms with Crippen molar-refractivity contribution >= 4 is 10.0 Å². The van der Waals surface area contributed by atoms with Gasteiger partial charge in [-0.1, -0.05) is 0 Å². The smallest absolute Gasteiger partial charge is 0.242 e. The zero-order chi connectivity index (χ0) is 13.8. The Morgan fingerprint density at radius 1 is 1.28 bits per heavy atom. The lowest BCUT2D eigenvalue weighted by molar-refractivity contribution is 0.242. The summed E-state index contributed by atoms with van der Waals surface area (Å²) in [6, 6.07) is 6.25. The lowest BCUT2D eigenvalue weighted by atomic mass is 10.3. The van der Waals surface area contributed by atoms with Gasteiger partial charge in [-0.2, -0.15) is 4.31 Å². The normalized spacial score (nSPS) is 12.1. The van der Waals surface area contributed by atoms with Gasteiger partial charge in [0.25, 0.3) is 0 Å². The Morgan fingerprint density at radius 3 is 2.28 bits per heavy atom. The number of aliphatic hydroxyl groups excluding tert-OH is 1. The summed E-state index contributed by atoms with van der Waals surface area (Å²) in [6.07, 6.45) is 0.0459. The van der Waals surface area contributed by atoms with Gasteiger partial charge in [0.2, 0.25) is 10.0 Å². The monoisotopic (exact) mass is 273 g/mol. The van der Waals surface area contributed by atoms with Crippen molar-refractivity contribution in [3.8, 4) is 5.75 Å². The van der Waals surface area contributed by atoms with Crippen LogP contribution in [0.3, 0.4) is 0 Å². The van der Waals surface area contributed by atoms with Crippen molar-refractivity contribution in [3.05, 3.63) is 24.3 Å². The molecule has 5 nitrogen and oxygen atoms in total. The zero-order valence-corrected chi connectivity index (χ0v) is 11.6. The Balaban J connectivity index is 2.91. The number of hydrogen-bond donors (Lipinski definition) is 1. The van der Waals surface area contributed by atoms with Crippen molar-refractivity contribution in [1.29, 1.82) is 0 Å². The molecule has 0 amide bonds. The minimum absolute atomic E-state index is 0.0459. The van der Waals surface area contributed by atoms with Crippen molar-refractivity contribution in [1.82, 2.24) is 4.31 Å². The molecule has 0 atom stereocenters. The molecule has 0 radical (unpaired) electrons. The van der Waals surface area contributed by atoms with Crippen LogP contribution in [0.4, 0.5) is 0 Å². The van der Waals surface area contributed by atoms with Gasteiger partial charge in [0.15, 0.2) is 0 Å². The van der Waals surface area contributed by atoms with Gasteiger partial charge >= 0.3 is 0 Å². The Bertz CT molecular complexity index is 467. The number of ether oxygens (including phenoxy) is 1. The molecule has 0 aliphatic heterocycles. The van der Waals surface area contributed by atoms with E-state index in [1.54, 1.807) is 12.1 Å². The molecule has 18 heavy (non-hydrogen) atoms. The molecule has 0 saturated carbocycles. The van der Waals surface area contributed by atoms with Crippen LogP contribution in [-0.2, 0) is 10.0 Å². The number of benzene rings is 1. The van der Waals surface area contributed by atoms with E-state index in [0.717, 1.165) is 4.31 Å². The molecule has 1 N–H and O–H groups in total. The molecule has 0 heterocycles. The molecule has 0 aromatic heterocycles. The number of nitrogens with zero attached hydrogens (tertiary/aromatic N) is 1. The molecule has 0 saturated heterocycles. The topological polar surface area (TPSA) is 66.8 Å². The quantitative estimate of drug-likeness (QED) is 0.842. The summed E-state index contributed by atoms with van der Waals surface area (Å²) in [4.78, 5) is 0.189. The Hall–Kier alpha value is -1.11. The SMILES string of the molecule is CC(C)Oc1ccc(S(=O)(=O)N(C)CCO)cc1. The Morgan fingerprint density at radius 2 is 1.83 bits per heavy atom. The van der Waals surface area contributed by atoms with Gasteiger partial charge in [-0.15, -0.1) is 0 Å². The summed E-state index contributed by atoms with van der Waals surface area (Å²) in [5, 5.41) is 8.76. The molecular formula is C12H19NO4S. The third-order valence-electron chi connectivity index (χ3n) is 2.32. The van der Waals surface area contributed by atoms with E-state index < -0.39 is 10.0 Å². The maximum atomic E-state index is 12.0. The highest BCUT2D eigenvalue weighted by Gasteiger charge is 2.19. The first-order valence-corrected chi connectivity index (χ1v) is 7.16. The standard InChI is InChI=1S/C12H19NO4S/c1-10(2)17-11-4-6-12(7-5-11)18(15,16)13(3)8-9-14/h4-7,10,14H,8-9H2,1-3H3. The predicted molar refractivity (Wildman–Crippen MR) is 69.1 cm³/mol. The van der Waals surface area contributed by atoms with Gasteiger partial charge in [-0.3, -0.25) is 0 Å². The summed E-state index contributed by atoms with van der Waals surface area (Å²) < 4.78 is 30.6. The fourth-order valence-corrected chi connectivity index (χ4v) is 2.57. The Labute approximate surface area is 108 Å². The van der Waals surface area contributed by atoms with Gasteiger partial charge in [0.05, 0.1) is 17.6 Å². The minimum atomic E-state index is -3.53. The van der Waals surface area contributed by atoms with E-state index in [1.165, 1.54) is 19.2 Å². The minimum Gasteiger partial charge on any atom is -0.491 e. The van der Waals surface area contributed by atoms with E-state index in [2.05, 4.69) is 0 Å². The molecular weight excluding hydrogens is 254 g/mol. The molecule has 1 aromatic rings. The van der Waals surface area contributed by atoms with Crippen molar-refractivity contribution in [3.63, 3.8) is 0 Å². The first-order chi connectivity index (χ1) is 8.37. The fraction of sp³-hybridized carbons (Fsp3) is 0.500. The molecule has 0 fully saturated rings. The second-order valence-electron chi connectivity index (χ2n) is 4.19. The lowest BCUT2D eigenvalue weighted by Crippen LogP contribution is -2.29. The summed E-state index contributed by atoms with van der Waals surface area (Å²) in [5.74, 6) is 0.633. The van der Waals surface area contributed by atoms with Gasteiger partial charge < -0.3 is 9.84 Å². The molecule has 0 aliphatic rings. The van der Waals surface area contributed by atoms with Crippen LogP contribution >= 0.6 is 0 Å². The first kappa shape index (κ1) is 14.9. The van der Waals surface area contributed by atoms with Crippen LogP contribution in [0.5, 0.6) is 5.75 Å². The summed E-state index contributed by atoms with van der Waals surface area (Å²) in [7, 11) is -2.09. The van der Waals surface area contributed by atoms with Crippen LogP contribution in [0.25, 0.3) is 0 Å². The Kier molecular flexibility index (Phi) is 5.13. The largest absolute Gasteiger partial charge is 0.491 e. The highest BCUT2D eigenvalue weighted by molar-refractivity contribution is 7.89. The molecule has 0 spiro atoms. The molecule has 102 valence electrons. The van der Waals surface area contributed by atoms with Crippen molar-refractivity contribution in [2.24, 2.45) is 0 Å². The average molecular weight is 273 g/mol. The number of rotatable bonds is 6. The van der Waals surface area contributed by atoms with E-state index >= 15 is 0 Å². The van der Waals surface area contributed by atoms with Crippen LogP contribution in [0.1, 0.15) is 13.8 Å². The maximum Gasteiger partial charge on any atom is 0.242 e. The number of likely N-dealkylation sites (N-methyl/N-ethyl adjacent to an activating group) is 1. The van der Waals surface area contributed by atoms with Gasteiger partial charge in [-0.05, 0) is 38.1 Å². The van der Waals surface area contributed by atoms with E-state index in [1.807, 2.05) is 13.8 Å². The van der Waals surface area contributed by atoms with Gasteiger partial charge in [0.1, 0.15) is 5.75 Å². The molecule has 0 unspecified atom stereocenters. The van der Waals surface area contributed by atoms with Crippen LogP contribution in [0.2, 0.25) is 0 Å². The van der Waals surface area contributed by atoms with E-state index in [0.29, 0.717) is 5.75 Å². The van der Waals surface area contributed by atoms with Gasteiger partial charge in [0, 0.05) is 13.6 Å². The van der Waals surface area contributed by atoms with E-state index in [-0.39, 0.29) is 24.2 Å². The lowest BCUT2D eigenvalue weighted by Gasteiger charge is -2.16. The average Bonchev–Trinajstić information content (AvgIpc) is 2.29. The summed E-state index contributed by atoms with van der Waals surface area (Å²) in [6.45, 7) is 3.68. The highest BCUT2D eigenvalue weighted by Crippen LogP contribution is 2.19. The van der Waals surface area contributed by atoms with Crippen molar-refractivity contribution in [2.75, 3.05) is 20.2 Å². The first-order valence-electron chi connectivity index (χ1n) is 5.72. The highest BCUT2D eigenvalue weighted by atomic mass is 32.2. The third kappa shape index (κ3) is 3.69. The van der Waals surface area contributed by atoms with E-state index in [4.69, 9.17) is 9.84 Å². The van der Waals surface area contributed by atoms with Crippen LogP contribution in [0.15, 0.2) is 29.2 Å². The molecule has 0 bridgehead atoms. The number of hydrogen-bond acceptors (Lipinski definition) is 4. The van der Waals surface area contributed by atoms with Gasteiger partial charge in [-0.25, -0.2) is 8.42 Å². The molecule has 0 aliphatic carbocycles. The number of aliphatic hydroxyl groups is 1. The fourth-order valence-electron chi connectivity index (χ4n) is 1.40. The van der Waals surface area contributed by atoms with Crippen molar-refractivity contribution in [2.45, 2.75) is 24.8 Å². The molecule has 6 heteroatoms. The summed E-state index contributed by atoms with van der Waals surface area (Å²) >= 11 is 0. The molecule has 1 aromatic carbocycles. The third-order valence-corrected chi connectivity index (χ3v) is 4.19. The van der Waals surface area contributed by atoms with E-state index in [9.17, 15) is 8.42 Å². The zero-order valence-electron chi connectivity index (χ0n) is 10.8. The summed E-state index contributed by atoms with van der Waals surface area (Å²) in [5.41, 5.74) is 0.